The van der Waals surface area contributed by atoms with Gasteiger partial charge in [0.1, 0.15) is 5.56 Å². The highest BCUT2D eigenvalue weighted by Gasteiger charge is 2.22. The number of benzene rings is 1. The normalized spacial score (nSPS) is 10.2. The van der Waals surface area contributed by atoms with Crippen LogP contribution in [-0.4, -0.2) is 22.0 Å². The van der Waals surface area contributed by atoms with E-state index < -0.39 is 21.2 Å². The van der Waals surface area contributed by atoms with Crippen molar-refractivity contribution in [3.8, 4) is 0 Å². The largest absolute Gasteiger partial charge is 0.369 e. The Morgan fingerprint density at radius 1 is 1.17 bits per heavy atom. The zero-order chi connectivity index (χ0) is 13.7. The lowest BCUT2D eigenvalue weighted by Gasteiger charge is -1.98. The molecule has 0 fully saturated rings. The van der Waals surface area contributed by atoms with Crippen molar-refractivity contribution in [1.29, 1.82) is 0 Å². The Labute approximate surface area is 99.9 Å². The van der Waals surface area contributed by atoms with Gasteiger partial charge in [0.25, 0.3) is 11.4 Å². The molecular weight excluding hydrogens is 244 g/mol. The highest BCUT2D eigenvalue weighted by atomic mass is 16.6. The highest BCUT2D eigenvalue weighted by molar-refractivity contribution is 5.91. The van der Waals surface area contributed by atoms with Crippen LogP contribution in [0.5, 0.6) is 0 Å². The van der Waals surface area contributed by atoms with Gasteiger partial charge in [-0.1, -0.05) is 0 Å². The van der Waals surface area contributed by atoms with Gasteiger partial charge in [-0.2, -0.15) is 5.10 Å². The van der Waals surface area contributed by atoms with E-state index >= 15 is 0 Å². The number of nitrogens with zero attached hydrogens (tertiary/aromatic N) is 4. The Morgan fingerprint density at radius 2 is 1.67 bits per heavy atom. The lowest BCUT2D eigenvalue weighted by atomic mass is 10.1. The monoisotopic (exact) mass is 252 g/mol. The van der Waals surface area contributed by atoms with Crippen LogP contribution in [0.3, 0.4) is 0 Å². The fraction of sp³-hybridized carbons (Fsp3) is 0. The van der Waals surface area contributed by atoms with Crippen LogP contribution in [0.2, 0.25) is 0 Å². The van der Waals surface area contributed by atoms with Crippen LogP contribution < -0.4 is 11.5 Å². The molecule has 0 aliphatic heterocycles. The van der Waals surface area contributed by atoms with Gasteiger partial charge in [-0.3, -0.25) is 20.2 Å². The van der Waals surface area contributed by atoms with Gasteiger partial charge in [-0.25, -0.2) is 0 Å². The van der Waals surface area contributed by atoms with Gasteiger partial charge in [-0.15, -0.1) is 5.10 Å². The maximum atomic E-state index is 10.7. The topological polar surface area (TPSA) is 163 Å². The van der Waals surface area contributed by atoms with E-state index in [1.165, 1.54) is 6.07 Å². The zero-order valence-corrected chi connectivity index (χ0v) is 8.89. The lowest BCUT2D eigenvalue weighted by molar-refractivity contribution is -0.394. The summed E-state index contributed by atoms with van der Waals surface area (Å²) in [6.07, 6.45) is 0.857. The highest BCUT2D eigenvalue weighted by Crippen LogP contribution is 2.26. The molecule has 0 unspecified atom stereocenters. The third kappa shape index (κ3) is 2.98. The van der Waals surface area contributed by atoms with Crippen molar-refractivity contribution in [2.24, 2.45) is 21.7 Å². The second kappa shape index (κ2) is 5.34. The zero-order valence-electron chi connectivity index (χ0n) is 8.89. The quantitative estimate of drug-likeness (QED) is 0.334. The lowest BCUT2D eigenvalue weighted by Crippen LogP contribution is -2.21. The molecular formula is C8H8N6O4. The van der Waals surface area contributed by atoms with Gasteiger partial charge >= 0.3 is 0 Å². The van der Waals surface area contributed by atoms with E-state index in [2.05, 4.69) is 10.2 Å². The van der Waals surface area contributed by atoms with E-state index in [1.807, 2.05) is 0 Å². The summed E-state index contributed by atoms with van der Waals surface area (Å²) in [5.74, 6) is -0.368. The molecule has 10 nitrogen and oxygen atoms in total. The van der Waals surface area contributed by atoms with Gasteiger partial charge in [0.15, 0.2) is 0 Å². The first-order valence-electron chi connectivity index (χ1n) is 4.47. The minimum atomic E-state index is -0.760. The Kier molecular flexibility index (Phi) is 3.86. The second-order valence-corrected chi connectivity index (χ2v) is 2.99. The number of nitro groups is 2. The van der Waals surface area contributed by atoms with Crippen LogP contribution in [0.4, 0.5) is 11.4 Å². The van der Waals surface area contributed by atoms with E-state index in [9.17, 15) is 20.2 Å². The summed E-state index contributed by atoms with van der Waals surface area (Å²) in [6, 6.07) is 3.43. The predicted molar refractivity (Wildman–Crippen MR) is 63.2 cm³/mol. The number of nitrogens with two attached hydrogens (primary N) is 2. The van der Waals surface area contributed by atoms with E-state index in [4.69, 9.17) is 11.5 Å². The predicted octanol–water partition coefficient (Wildman–Crippen LogP) is 0.110. The molecule has 18 heavy (non-hydrogen) atoms. The summed E-state index contributed by atoms with van der Waals surface area (Å²) in [5.41, 5.74) is 8.80. The first kappa shape index (κ1) is 13.0. The Hall–Kier alpha value is -3.04. The minimum absolute atomic E-state index is 0.280. The fourth-order valence-electron chi connectivity index (χ4n) is 1.15. The molecule has 1 rings (SSSR count). The van der Waals surface area contributed by atoms with Gasteiger partial charge in [-0.05, 0) is 6.07 Å². The first-order valence-corrected chi connectivity index (χ1v) is 4.47. The Balaban J connectivity index is 3.36. The second-order valence-electron chi connectivity index (χ2n) is 2.99. The van der Waals surface area contributed by atoms with Crippen molar-refractivity contribution >= 4 is 23.5 Å². The third-order valence-corrected chi connectivity index (χ3v) is 1.81. The van der Waals surface area contributed by atoms with Gasteiger partial charge in [0, 0.05) is 12.1 Å². The number of hydrogen-bond acceptors (Lipinski definition) is 6. The van der Waals surface area contributed by atoms with Crippen molar-refractivity contribution < 1.29 is 9.85 Å². The van der Waals surface area contributed by atoms with Crippen LogP contribution >= 0.6 is 0 Å². The van der Waals surface area contributed by atoms with Crippen molar-refractivity contribution in [1.82, 2.24) is 0 Å². The van der Waals surface area contributed by atoms with Crippen molar-refractivity contribution in [2.45, 2.75) is 0 Å². The van der Waals surface area contributed by atoms with Gasteiger partial charge < -0.3 is 11.5 Å². The van der Waals surface area contributed by atoms with Crippen molar-refractivity contribution in [3.63, 3.8) is 0 Å². The third-order valence-electron chi connectivity index (χ3n) is 1.81. The number of guanidine groups is 1. The van der Waals surface area contributed by atoms with E-state index in [1.54, 1.807) is 0 Å². The molecule has 0 amide bonds. The van der Waals surface area contributed by atoms with E-state index in [0.29, 0.717) is 0 Å². The summed E-state index contributed by atoms with van der Waals surface area (Å²) < 4.78 is 0. The van der Waals surface area contributed by atoms with Crippen LogP contribution in [0.1, 0.15) is 5.56 Å². The van der Waals surface area contributed by atoms with Crippen LogP contribution in [0, 0.1) is 20.2 Å². The average molecular weight is 252 g/mol. The standard InChI is InChI=1S/C8H8N6O4/c9-8(10)12-11-4-5-6(13(15)16)2-1-3-7(5)14(17)18/h1-4H,(H4,9,10,12)/b11-4+. The molecule has 0 heterocycles. The van der Waals surface area contributed by atoms with E-state index in [0.717, 1.165) is 18.3 Å². The smallest absolute Gasteiger partial charge is 0.285 e. The maximum absolute atomic E-state index is 10.7. The molecule has 0 radical (unpaired) electrons. The van der Waals surface area contributed by atoms with Gasteiger partial charge in [0.05, 0.1) is 16.1 Å². The molecule has 0 aliphatic carbocycles. The van der Waals surface area contributed by atoms with E-state index in [-0.39, 0.29) is 11.5 Å². The minimum Gasteiger partial charge on any atom is -0.369 e. The Bertz CT molecular complexity index is 516. The molecule has 0 spiro atoms. The van der Waals surface area contributed by atoms with Crippen LogP contribution in [0.15, 0.2) is 28.4 Å². The summed E-state index contributed by atoms with van der Waals surface area (Å²) in [6.45, 7) is 0. The number of hydrogen-bond donors (Lipinski definition) is 2. The first-order chi connectivity index (χ1) is 8.43. The maximum Gasteiger partial charge on any atom is 0.285 e. The molecule has 10 heteroatoms. The molecule has 0 aromatic heterocycles. The van der Waals surface area contributed by atoms with Crippen LogP contribution in [-0.2, 0) is 0 Å². The van der Waals surface area contributed by atoms with Crippen molar-refractivity contribution in [3.05, 3.63) is 44.0 Å². The molecule has 1 aromatic rings. The molecule has 0 atom stereocenters. The summed E-state index contributed by atoms with van der Waals surface area (Å²) in [7, 11) is 0. The molecule has 0 saturated heterocycles. The molecule has 1 aromatic carbocycles. The average Bonchev–Trinajstić information content (AvgIpc) is 2.28. The SMILES string of the molecule is NC(N)=N/N=C/c1c([N+](=O)[O-])cccc1[N+](=O)[O-]. The molecule has 0 bridgehead atoms. The molecule has 4 N–H and O–H groups in total. The Morgan fingerprint density at radius 3 is 2.06 bits per heavy atom. The number of rotatable bonds is 4. The molecule has 94 valence electrons. The van der Waals surface area contributed by atoms with Crippen molar-refractivity contribution in [2.75, 3.05) is 0 Å². The fourth-order valence-corrected chi connectivity index (χ4v) is 1.15. The summed E-state index contributed by atoms with van der Waals surface area (Å²) in [4.78, 5) is 19.9. The number of nitro benzene ring substituents is 2. The molecule has 0 saturated carbocycles. The summed E-state index contributed by atoms with van der Waals surface area (Å²) >= 11 is 0. The summed E-state index contributed by atoms with van der Waals surface area (Å²) in [5, 5.41) is 28.0. The molecule has 0 aliphatic rings. The van der Waals surface area contributed by atoms with Gasteiger partial charge in [0.2, 0.25) is 5.96 Å². The van der Waals surface area contributed by atoms with Crippen LogP contribution in [0.25, 0.3) is 0 Å².